The second-order valence-corrected chi connectivity index (χ2v) is 5.34. The lowest BCUT2D eigenvalue weighted by atomic mass is 10.1. The monoisotopic (exact) mass is 262 g/mol. The van der Waals surface area contributed by atoms with Crippen molar-refractivity contribution in [1.29, 1.82) is 0 Å². The SMILES string of the molecule is CC(=O)Nc1cccc(C(C)NCC(O)C2CC2)c1. The molecule has 104 valence electrons. The van der Waals surface area contributed by atoms with Crippen LogP contribution in [0.1, 0.15) is 38.3 Å². The number of hydrogen-bond acceptors (Lipinski definition) is 3. The number of carbonyl (C=O) groups is 1. The lowest BCUT2D eigenvalue weighted by Gasteiger charge is -2.18. The molecular weight excluding hydrogens is 240 g/mol. The van der Waals surface area contributed by atoms with E-state index in [9.17, 15) is 9.90 Å². The van der Waals surface area contributed by atoms with Gasteiger partial charge in [0.25, 0.3) is 0 Å². The molecule has 1 saturated carbocycles. The van der Waals surface area contributed by atoms with Gasteiger partial charge in [0.05, 0.1) is 6.10 Å². The highest BCUT2D eigenvalue weighted by atomic mass is 16.3. The van der Waals surface area contributed by atoms with Crippen LogP contribution in [0.2, 0.25) is 0 Å². The Morgan fingerprint density at radius 3 is 2.84 bits per heavy atom. The molecule has 2 atom stereocenters. The summed E-state index contributed by atoms with van der Waals surface area (Å²) in [5.41, 5.74) is 1.91. The lowest BCUT2D eigenvalue weighted by Crippen LogP contribution is -2.30. The predicted octanol–water partition coefficient (Wildman–Crippen LogP) is 2.07. The van der Waals surface area contributed by atoms with Crippen molar-refractivity contribution in [3.63, 3.8) is 0 Å². The number of anilines is 1. The molecule has 2 unspecified atom stereocenters. The van der Waals surface area contributed by atoms with Crippen molar-refractivity contribution in [2.45, 2.75) is 38.8 Å². The van der Waals surface area contributed by atoms with Gasteiger partial charge in [0.15, 0.2) is 0 Å². The van der Waals surface area contributed by atoms with Gasteiger partial charge in [-0.25, -0.2) is 0 Å². The maximum absolute atomic E-state index is 11.0. The van der Waals surface area contributed by atoms with Gasteiger partial charge in [-0.15, -0.1) is 0 Å². The smallest absolute Gasteiger partial charge is 0.221 e. The summed E-state index contributed by atoms with van der Waals surface area (Å²) in [6, 6.07) is 7.93. The van der Waals surface area contributed by atoms with Crippen molar-refractivity contribution in [2.24, 2.45) is 5.92 Å². The molecule has 1 aromatic carbocycles. The van der Waals surface area contributed by atoms with Crippen LogP contribution in [-0.2, 0) is 4.79 Å². The van der Waals surface area contributed by atoms with Crippen LogP contribution < -0.4 is 10.6 Å². The van der Waals surface area contributed by atoms with Crippen molar-refractivity contribution in [1.82, 2.24) is 5.32 Å². The van der Waals surface area contributed by atoms with Gasteiger partial charge in [-0.05, 0) is 43.4 Å². The number of aliphatic hydroxyl groups is 1. The second-order valence-electron chi connectivity index (χ2n) is 5.34. The average molecular weight is 262 g/mol. The molecule has 0 bridgehead atoms. The Kier molecular flexibility index (Phi) is 4.56. The molecule has 1 aromatic rings. The van der Waals surface area contributed by atoms with Crippen molar-refractivity contribution in [2.75, 3.05) is 11.9 Å². The minimum atomic E-state index is -0.235. The topological polar surface area (TPSA) is 61.4 Å². The van der Waals surface area contributed by atoms with Crippen molar-refractivity contribution in [3.8, 4) is 0 Å². The molecule has 0 spiro atoms. The van der Waals surface area contributed by atoms with Crippen molar-refractivity contribution < 1.29 is 9.90 Å². The van der Waals surface area contributed by atoms with Gasteiger partial charge in [-0.3, -0.25) is 4.79 Å². The van der Waals surface area contributed by atoms with E-state index < -0.39 is 0 Å². The van der Waals surface area contributed by atoms with Gasteiger partial charge in [0.2, 0.25) is 5.91 Å². The van der Waals surface area contributed by atoms with Gasteiger partial charge < -0.3 is 15.7 Å². The van der Waals surface area contributed by atoms with Crippen LogP contribution in [0.5, 0.6) is 0 Å². The first-order valence-electron chi connectivity index (χ1n) is 6.85. The largest absolute Gasteiger partial charge is 0.392 e. The van der Waals surface area contributed by atoms with Gasteiger partial charge >= 0.3 is 0 Å². The first kappa shape index (κ1) is 14.0. The first-order chi connectivity index (χ1) is 9.06. The molecule has 4 heteroatoms. The summed E-state index contributed by atoms with van der Waals surface area (Å²) in [6.07, 6.45) is 2.06. The number of hydrogen-bond donors (Lipinski definition) is 3. The third-order valence-electron chi connectivity index (χ3n) is 3.51. The third-order valence-corrected chi connectivity index (χ3v) is 3.51. The van der Waals surface area contributed by atoms with Crippen LogP contribution in [0.3, 0.4) is 0 Å². The standard InChI is InChI=1S/C15H22N2O2/c1-10(16-9-15(19)12-6-7-12)13-4-3-5-14(8-13)17-11(2)18/h3-5,8,10,12,15-16,19H,6-7,9H2,1-2H3,(H,17,18). The number of carbonyl (C=O) groups excluding carboxylic acids is 1. The van der Waals surface area contributed by atoms with Crippen LogP contribution in [0, 0.1) is 5.92 Å². The number of benzene rings is 1. The van der Waals surface area contributed by atoms with Crippen LogP contribution in [0.4, 0.5) is 5.69 Å². The third kappa shape index (κ3) is 4.33. The Bertz CT molecular complexity index is 444. The fourth-order valence-electron chi connectivity index (χ4n) is 2.15. The van der Waals surface area contributed by atoms with E-state index in [4.69, 9.17) is 0 Å². The summed E-state index contributed by atoms with van der Waals surface area (Å²) in [4.78, 5) is 11.0. The Morgan fingerprint density at radius 2 is 2.21 bits per heavy atom. The Labute approximate surface area is 114 Å². The van der Waals surface area contributed by atoms with Crippen LogP contribution in [-0.4, -0.2) is 23.7 Å². The van der Waals surface area contributed by atoms with Gasteiger partial charge in [0.1, 0.15) is 0 Å². The molecule has 1 aliphatic rings. The van der Waals surface area contributed by atoms with E-state index in [-0.39, 0.29) is 18.1 Å². The highest BCUT2D eigenvalue weighted by Gasteiger charge is 2.29. The number of rotatable bonds is 6. The van der Waals surface area contributed by atoms with E-state index >= 15 is 0 Å². The fourth-order valence-corrected chi connectivity index (χ4v) is 2.15. The van der Waals surface area contributed by atoms with Gasteiger partial charge in [0, 0.05) is 25.2 Å². The van der Waals surface area contributed by atoms with Gasteiger partial charge in [-0.2, -0.15) is 0 Å². The summed E-state index contributed by atoms with van der Waals surface area (Å²) in [5.74, 6) is 0.423. The van der Waals surface area contributed by atoms with Crippen LogP contribution >= 0.6 is 0 Å². The zero-order valence-corrected chi connectivity index (χ0v) is 11.5. The average Bonchev–Trinajstić information content (AvgIpc) is 3.19. The minimum absolute atomic E-state index is 0.0677. The summed E-state index contributed by atoms with van der Waals surface area (Å²) >= 11 is 0. The molecule has 1 fully saturated rings. The summed E-state index contributed by atoms with van der Waals surface area (Å²) in [5, 5.41) is 16.0. The lowest BCUT2D eigenvalue weighted by molar-refractivity contribution is -0.114. The Hall–Kier alpha value is -1.39. The van der Waals surface area contributed by atoms with Crippen molar-refractivity contribution >= 4 is 11.6 Å². The van der Waals surface area contributed by atoms with E-state index in [0.29, 0.717) is 12.5 Å². The highest BCUT2D eigenvalue weighted by Crippen LogP contribution is 2.32. The van der Waals surface area contributed by atoms with E-state index in [1.54, 1.807) is 0 Å². The zero-order valence-electron chi connectivity index (χ0n) is 11.5. The quantitative estimate of drug-likeness (QED) is 0.735. The highest BCUT2D eigenvalue weighted by molar-refractivity contribution is 5.88. The minimum Gasteiger partial charge on any atom is -0.392 e. The van der Waals surface area contributed by atoms with E-state index in [0.717, 1.165) is 24.1 Å². The molecule has 1 aliphatic carbocycles. The molecule has 0 heterocycles. The molecular formula is C15H22N2O2. The molecule has 19 heavy (non-hydrogen) atoms. The van der Waals surface area contributed by atoms with E-state index in [2.05, 4.69) is 17.6 Å². The number of amides is 1. The summed E-state index contributed by atoms with van der Waals surface area (Å²) in [6.45, 7) is 4.18. The first-order valence-corrected chi connectivity index (χ1v) is 6.85. The van der Waals surface area contributed by atoms with Crippen LogP contribution in [0.15, 0.2) is 24.3 Å². The number of aliphatic hydroxyl groups excluding tert-OH is 1. The van der Waals surface area contributed by atoms with Gasteiger partial charge in [-0.1, -0.05) is 12.1 Å². The second kappa shape index (κ2) is 6.17. The fraction of sp³-hybridized carbons (Fsp3) is 0.533. The summed E-state index contributed by atoms with van der Waals surface area (Å²) in [7, 11) is 0. The van der Waals surface area contributed by atoms with Crippen molar-refractivity contribution in [3.05, 3.63) is 29.8 Å². The molecule has 0 aromatic heterocycles. The maximum Gasteiger partial charge on any atom is 0.221 e. The number of nitrogens with one attached hydrogen (secondary N) is 2. The van der Waals surface area contributed by atoms with E-state index in [1.807, 2.05) is 24.3 Å². The predicted molar refractivity (Wildman–Crippen MR) is 75.9 cm³/mol. The Morgan fingerprint density at radius 1 is 1.47 bits per heavy atom. The molecule has 3 N–H and O–H groups in total. The van der Waals surface area contributed by atoms with Crippen LogP contribution in [0.25, 0.3) is 0 Å². The molecule has 0 radical (unpaired) electrons. The Balaban J connectivity index is 1.90. The van der Waals surface area contributed by atoms with E-state index in [1.165, 1.54) is 6.92 Å². The maximum atomic E-state index is 11.0. The molecule has 0 aliphatic heterocycles. The molecule has 0 saturated heterocycles. The zero-order chi connectivity index (χ0) is 13.8. The summed E-state index contributed by atoms with van der Waals surface area (Å²) < 4.78 is 0. The molecule has 2 rings (SSSR count). The molecule has 1 amide bonds. The molecule has 4 nitrogen and oxygen atoms in total. The normalized spacial score (nSPS) is 17.8.